The summed E-state index contributed by atoms with van der Waals surface area (Å²) in [5, 5.41) is 3.85. The molecule has 0 aliphatic rings. The SMILES string of the molecule is COc1ccc(-c2cc(C(F)F)nn2-c2ccc(S(=O)(=O)[N-]C(C)=O)cc2)cc1F.[Na+]. The molecule has 0 atom stereocenters. The maximum Gasteiger partial charge on any atom is 1.00 e. The van der Waals surface area contributed by atoms with Gasteiger partial charge in [-0.05, 0) is 55.5 Å². The zero-order valence-corrected chi connectivity index (χ0v) is 19.5. The van der Waals surface area contributed by atoms with Crippen LogP contribution < -0.4 is 34.3 Å². The summed E-state index contributed by atoms with van der Waals surface area (Å²) in [6.07, 6.45) is -2.87. The first-order chi connectivity index (χ1) is 14.1. The molecule has 2 aromatic carbocycles. The number of carbonyl (C=O) groups is 1. The second-order valence-corrected chi connectivity index (χ2v) is 7.70. The number of alkyl halides is 2. The number of aromatic nitrogens is 2. The monoisotopic (exact) mass is 461 g/mol. The Balaban J connectivity index is 0.00000341. The van der Waals surface area contributed by atoms with Crippen molar-refractivity contribution < 1.29 is 60.7 Å². The van der Waals surface area contributed by atoms with E-state index in [1.165, 1.54) is 43.5 Å². The summed E-state index contributed by atoms with van der Waals surface area (Å²) in [6.45, 7) is 1.00. The van der Waals surface area contributed by atoms with E-state index in [0.717, 1.165) is 23.7 Å². The van der Waals surface area contributed by atoms with Crippen LogP contribution in [-0.4, -0.2) is 31.2 Å². The largest absolute Gasteiger partial charge is 1.00 e. The number of halogens is 3. The van der Waals surface area contributed by atoms with E-state index in [4.69, 9.17) is 4.74 Å². The molecule has 0 saturated heterocycles. The predicted octanol–water partition coefficient (Wildman–Crippen LogP) is 1.24. The smallest absolute Gasteiger partial charge is 0.542 e. The first-order valence-electron chi connectivity index (χ1n) is 8.43. The van der Waals surface area contributed by atoms with E-state index in [2.05, 4.69) is 9.82 Å². The average molecular weight is 461 g/mol. The maximum absolute atomic E-state index is 14.1. The van der Waals surface area contributed by atoms with E-state index in [-0.39, 0.29) is 57.1 Å². The van der Waals surface area contributed by atoms with Gasteiger partial charge in [0.25, 0.3) is 6.43 Å². The molecule has 0 spiro atoms. The van der Waals surface area contributed by atoms with Gasteiger partial charge in [-0.1, -0.05) is 0 Å². The Hall–Kier alpha value is -2.34. The topological polar surface area (TPSA) is 92.4 Å². The van der Waals surface area contributed by atoms with Gasteiger partial charge in [-0.3, -0.25) is 0 Å². The molecule has 1 amide bonds. The molecular weight excluding hydrogens is 446 g/mol. The van der Waals surface area contributed by atoms with E-state index < -0.39 is 33.9 Å². The van der Waals surface area contributed by atoms with Crippen LogP contribution in [0.2, 0.25) is 0 Å². The van der Waals surface area contributed by atoms with Gasteiger partial charge >= 0.3 is 29.6 Å². The van der Waals surface area contributed by atoms with Crippen LogP contribution in [0.3, 0.4) is 0 Å². The molecule has 1 heterocycles. The van der Waals surface area contributed by atoms with E-state index >= 15 is 0 Å². The van der Waals surface area contributed by atoms with Crippen molar-refractivity contribution in [3.05, 3.63) is 64.8 Å². The van der Waals surface area contributed by atoms with Crippen molar-refractivity contribution in [3.8, 4) is 22.7 Å². The molecule has 0 saturated carbocycles. The van der Waals surface area contributed by atoms with Gasteiger partial charge in [0.2, 0.25) is 0 Å². The number of hydrogen-bond acceptors (Lipinski definition) is 5. The Morgan fingerprint density at radius 1 is 1.13 bits per heavy atom. The van der Waals surface area contributed by atoms with Gasteiger partial charge in [0.1, 0.15) is 15.7 Å². The normalized spacial score (nSPS) is 11.2. The minimum atomic E-state index is -4.18. The third-order valence-electron chi connectivity index (χ3n) is 4.03. The zero-order chi connectivity index (χ0) is 22.1. The maximum atomic E-state index is 14.1. The fourth-order valence-electron chi connectivity index (χ4n) is 2.72. The first kappa shape index (κ1) is 24.9. The van der Waals surface area contributed by atoms with Crippen LogP contribution in [0.15, 0.2) is 53.4 Å². The molecule has 12 heteroatoms. The standard InChI is InChI=1S/C19H16F3N3O4S.Na/c1-11(26)24-30(27,28)14-6-4-13(5-7-14)25-17(10-16(23-25)19(21)22)12-3-8-18(29-2)15(20)9-12;/h3-10,19H,1-2H3,(H,24,26);/q;+1/p-1. The third-order valence-corrected chi connectivity index (χ3v) is 5.39. The van der Waals surface area contributed by atoms with E-state index in [0.29, 0.717) is 0 Å². The summed E-state index contributed by atoms with van der Waals surface area (Å²) in [6, 6.07) is 10.0. The van der Waals surface area contributed by atoms with Gasteiger partial charge in [0.15, 0.2) is 11.6 Å². The fraction of sp³-hybridized carbons (Fsp3) is 0.158. The number of nitrogens with zero attached hydrogens (tertiary/aromatic N) is 3. The van der Waals surface area contributed by atoms with E-state index in [1.807, 2.05) is 0 Å². The minimum absolute atomic E-state index is 0. The number of rotatable bonds is 6. The van der Waals surface area contributed by atoms with Crippen LogP contribution in [0.1, 0.15) is 19.0 Å². The summed E-state index contributed by atoms with van der Waals surface area (Å²) in [5.41, 5.74) is 0.131. The van der Waals surface area contributed by atoms with Crippen LogP contribution in [-0.2, 0) is 14.8 Å². The molecule has 0 N–H and O–H groups in total. The van der Waals surface area contributed by atoms with Gasteiger partial charge in [-0.25, -0.2) is 26.3 Å². The van der Waals surface area contributed by atoms with Crippen molar-refractivity contribution in [2.75, 3.05) is 7.11 Å². The second kappa shape index (κ2) is 9.86. The van der Waals surface area contributed by atoms with Crippen molar-refractivity contribution in [2.24, 2.45) is 0 Å². The average Bonchev–Trinajstić information content (AvgIpc) is 3.13. The van der Waals surface area contributed by atoms with Gasteiger partial charge in [-0.15, -0.1) is 0 Å². The Labute approximate surface area is 198 Å². The predicted molar refractivity (Wildman–Crippen MR) is 102 cm³/mol. The molecule has 3 rings (SSSR count). The molecule has 0 aliphatic heterocycles. The number of methoxy groups -OCH3 is 1. The molecule has 0 aliphatic carbocycles. The molecule has 0 fully saturated rings. The van der Waals surface area contributed by atoms with Crippen LogP contribution in [0.5, 0.6) is 5.75 Å². The Bertz CT molecular complexity index is 1200. The number of carbonyl (C=O) groups excluding carboxylic acids is 1. The van der Waals surface area contributed by atoms with Gasteiger partial charge < -0.3 is 14.3 Å². The molecule has 158 valence electrons. The Morgan fingerprint density at radius 3 is 2.29 bits per heavy atom. The summed E-state index contributed by atoms with van der Waals surface area (Å²) in [4.78, 5) is 10.7. The van der Waals surface area contributed by atoms with Crippen LogP contribution in [0.25, 0.3) is 21.7 Å². The number of amides is 1. The van der Waals surface area contributed by atoms with Crippen LogP contribution in [0.4, 0.5) is 13.2 Å². The van der Waals surface area contributed by atoms with Gasteiger partial charge in [-0.2, -0.15) is 5.10 Å². The Morgan fingerprint density at radius 2 is 1.77 bits per heavy atom. The fourth-order valence-corrected chi connectivity index (χ4v) is 3.64. The van der Waals surface area contributed by atoms with Gasteiger partial charge in [0.05, 0.1) is 29.3 Å². The number of hydrogen-bond donors (Lipinski definition) is 0. The van der Waals surface area contributed by atoms with E-state index in [1.54, 1.807) is 0 Å². The number of benzene rings is 2. The molecule has 31 heavy (non-hydrogen) atoms. The summed E-state index contributed by atoms with van der Waals surface area (Å²) in [5.74, 6) is -1.58. The molecule has 7 nitrogen and oxygen atoms in total. The van der Waals surface area contributed by atoms with E-state index in [9.17, 15) is 26.4 Å². The van der Waals surface area contributed by atoms with Crippen LogP contribution in [0, 0.1) is 5.82 Å². The molecule has 0 unspecified atom stereocenters. The summed E-state index contributed by atoms with van der Waals surface area (Å²) >= 11 is 0. The molecular formula is C19H15F3N3NaO4S. The third kappa shape index (κ3) is 5.48. The molecule has 1 aromatic heterocycles. The van der Waals surface area contributed by atoms with Crippen molar-refractivity contribution >= 4 is 15.9 Å². The number of sulfonamides is 1. The van der Waals surface area contributed by atoms with Crippen molar-refractivity contribution in [1.29, 1.82) is 0 Å². The van der Waals surface area contributed by atoms with Crippen molar-refractivity contribution in [3.63, 3.8) is 0 Å². The quantitative estimate of drug-likeness (QED) is 0.515. The molecule has 0 radical (unpaired) electrons. The zero-order valence-electron chi connectivity index (χ0n) is 16.7. The number of ether oxygens (including phenoxy) is 1. The first-order valence-corrected chi connectivity index (χ1v) is 9.87. The van der Waals surface area contributed by atoms with Crippen molar-refractivity contribution in [1.82, 2.24) is 9.78 Å². The minimum Gasteiger partial charge on any atom is -0.542 e. The second-order valence-electron chi connectivity index (χ2n) is 6.10. The Kier molecular flexibility index (Phi) is 7.93. The summed E-state index contributed by atoms with van der Waals surface area (Å²) in [7, 11) is -2.88. The van der Waals surface area contributed by atoms with Crippen molar-refractivity contribution in [2.45, 2.75) is 18.2 Å². The van der Waals surface area contributed by atoms with Crippen LogP contribution >= 0.6 is 0 Å². The molecule has 0 bridgehead atoms. The summed E-state index contributed by atoms with van der Waals surface area (Å²) < 4.78 is 73.7. The molecule has 3 aromatic rings. The van der Waals surface area contributed by atoms with Gasteiger partial charge in [0, 0.05) is 5.56 Å².